The van der Waals surface area contributed by atoms with Crippen LogP contribution in [0.3, 0.4) is 0 Å². The second kappa shape index (κ2) is 8.42. The molecule has 0 spiro atoms. The summed E-state index contributed by atoms with van der Waals surface area (Å²) in [5.74, 6) is 1.61. The molecule has 2 heterocycles. The van der Waals surface area contributed by atoms with E-state index in [9.17, 15) is 4.79 Å². The monoisotopic (exact) mass is 391 g/mol. The molecule has 4 heteroatoms. The van der Waals surface area contributed by atoms with Crippen molar-refractivity contribution in [3.8, 4) is 5.75 Å². The van der Waals surface area contributed by atoms with Gasteiger partial charge in [-0.3, -0.25) is 0 Å². The van der Waals surface area contributed by atoms with Crippen LogP contribution in [0.1, 0.15) is 53.6 Å². The molecule has 29 heavy (non-hydrogen) atoms. The van der Waals surface area contributed by atoms with E-state index in [-0.39, 0.29) is 5.78 Å². The van der Waals surface area contributed by atoms with Gasteiger partial charge in [-0.1, -0.05) is 18.2 Å². The molecule has 4 rings (SSSR count). The van der Waals surface area contributed by atoms with Gasteiger partial charge in [0.2, 0.25) is 0 Å². The van der Waals surface area contributed by atoms with E-state index in [0.717, 1.165) is 48.4 Å². The molecule has 0 amide bonds. The molecule has 152 valence electrons. The van der Waals surface area contributed by atoms with Gasteiger partial charge in [-0.15, -0.1) is 0 Å². The standard InChI is InChI=1S/C25H29NO3/c1-16-12-19(5-7-22(16)20-10-11-28-15-20)14-29-21-6-9-25-23(13-21)18(3)24(26-25)8-4-17(2)27/h5-7,9,12-13,20,26H,4,8,10-11,14-15H2,1-3H3. The summed E-state index contributed by atoms with van der Waals surface area (Å²) in [5.41, 5.74) is 7.31. The Kier molecular flexibility index (Phi) is 5.72. The molecular formula is C25H29NO3. The molecule has 1 aliphatic heterocycles. The van der Waals surface area contributed by atoms with Crippen LogP contribution < -0.4 is 4.74 Å². The molecule has 0 aliphatic carbocycles. The van der Waals surface area contributed by atoms with Crippen LogP contribution >= 0.6 is 0 Å². The summed E-state index contributed by atoms with van der Waals surface area (Å²) in [5, 5.41) is 1.16. The van der Waals surface area contributed by atoms with E-state index in [4.69, 9.17) is 9.47 Å². The third-order valence-electron chi connectivity index (χ3n) is 5.97. The number of aromatic amines is 1. The average molecular weight is 392 g/mol. The van der Waals surface area contributed by atoms with Crippen LogP contribution in [-0.4, -0.2) is 24.0 Å². The van der Waals surface area contributed by atoms with Crippen LogP contribution in [0, 0.1) is 13.8 Å². The third-order valence-corrected chi connectivity index (χ3v) is 5.97. The molecule has 2 aromatic carbocycles. The Balaban J connectivity index is 1.46. The number of ether oxygens (including phenoxy) is 2. The van der Waals surface area contributed by atoms with Crippen molar-refractivity contribution in [1.29, 1.82) is 0 Å². The van der Waals surface area contributed by atoms with Crippen molar-refractivity contribution in [3.05, 3.63) is 64.3 Å². The number of Topliss-reactive ketones (excluding diaryl/α,β-unsaturated/α-hetero) is 1. The zero-order valence-electron chi connectivity index (χ0n) is 17.5. The van der Waals surface area contributed by atoms with Crippen LogP contribution in [0.15, 0.2) is 36.4 Å². The highest BCUT2D eigenvalue weighted by Crippen LogP contribution is 2.30. The lowest BCUT2D eigenvalue weighted by Crippen LogP contribution is -2.02. The highest BCUT2D eigenvalue weighted by Gasteiger charge is 2.19. The van der Waals surface area contributed by atoms with Crippen LogP contribution in [-0.2, 0) is 22.6 Å². The highest BCUT2D eigenvalue weighted by molar-refractivity contribution is 5.86. The lowest BCUT2D eigenvalue weighted by atomic mass is 9.93. The first-order valence-corrected chi connectivity index (χ1v) is 10.4. The van der Waals surface area contributed by atoms with Crippen LogP contribution in [0.25, 0.3) is 10.9 Å². The fraction of sp³-hybridized carbons (Fsp3) is 0.400. The van der Waals surface area contributed by atoms with Crippen LogP contribution in [0.2, 0.25) is 0 Å². The SMILES string of the molecule is CC(=O)CCc1[nH]c2ccc(OCc3ccc(C4CCOC4)c(C)c3)cc2c1C. The number of carbonyl (C=O) groups is 1. The molecule has 0 bridgehead atoms. The molecule has 1 atom stereocenters. The van der Waals surface area contributed by atoms with Gasteiger partial charge in [-0.05, 0) is 74.1 Å². The topological polar surface area (TPSA) is 51.3 Å². The number of benzene rings is 2. The minimum Gasteiger partial charge on any atom is -0.489 e. The van der Waals surface area contributed by atoms with Gasteiger partial charge in [0.25, 0.3) is 0 Å². The molecule has 1 unspecified atom stereocenters. The van der Waals surface area contributed by atoms with Crippen molar-refractivity contribution in [2.24, 2.45) is 0 Å². The van der Waals surface area contributed by atoms with Crippen LogP contribution in [0.4, 0.5) is 0 Å². The lowest BCUT2D eigenvalue weighted by molar-refractivity contribution is -0.116. The normalized spacial score (nSPS) is 16.4. The number of rotatable bonds is 7. The Hall–Kier alpha value is -2.59. The minimum atomic E-state index is 0.217. The number of ketones is 1. The molecule has 3 aromatic rings. The number of nitrogens with one attached hydrogen (secondary N) is 1. The summed E-state index contributed by atoms with van der Waals surface area (Å²) in [6, 6.07) is 12.8. The molecule has 4 nitrogen and oxygen atoms in total. The maximum atomic E-state index is 11.3. The molecule has 1 fully saturated rings. The van der Waals surface area contributed by atoms with Gasteiger partial charge >= 0.3 is 0 Å². The Morgan fingerprint density at radius 2 is 2.07 bits per heavy atom. The largest absolute Gasteiger partial charge is 0.489 e. The number of hydrogen-bond acceptors (Lipinski definition) is 3. The van der Waals surface area contributed by atoms with E-state index < -0.39 is 0 Å². The molecule has 1 saturated heterocycles. The Morgan fingerprint density at radius 3 is 2.79 bits per heavy atom. The van der Waals surface area contributed by atoms with Crippen molar-refractivity contribution in [2.75, 3.05) is 13.2 Å². The van der Waals surface area contributed by atoms with Gasteiger partial charge in [0.05, 0.1) is 6.61 Å². The zero-order chi connectivity index (χ0) is 20.4. The van der Waals surface area contributed by atoms with Gasteiger partial charge < -0.3 is 19.3 Å². The predicted octanol–water partition coefficient (Wildman–Crippen LogP) is 5.39. The number of H-pyrrole nitrogens is 1. The zero-order valence-corrected chi connectivity index (χ0v) is 17.5. The average Bonchev–Trinajstić information content (AvgIpc) is 3.33. The Bertz CT molecular complexity index is 1030. The Labute approximate surface area is 172 Å². The number of aromatic nitrogens is 1. The predicted molar refractivity (Wildman–Crippen MR) is 116 cm³/mol. The minimum absolute atomic E-state index is 0.217. The van der Waals surface area contributed by atoms with Gasteiger partial charge in [0.1, 0.15) is 18.1 Å². The first-order chi connectivity index (χ1) is 14.0. The molecule has 1 aromatic heterocycles. The van der Waals surface area contributed by atoms with Crippen molar-refractivity contribution in [2.45, 2.75) is 52.6 Å². The quantitative estimate of drug-likeness (QED) is 0.587. The smallest absolute Gasteiger partial charge is 0.130 e. The van der Waals surface area contributed by atoms with E-state index in [2.05, 4.69) is 49.2 Å². The fourth-order valence-corrected chi connectivity index (χ4v) is 4.23. The molecule has 1 aliphatic rings. The summed E-state index contributed by atoms with van der Waals surface area (Å²) in [6.07, 6.45) is 2.43. The van der Waals surface area contributed by atoms with E-state index in [1.807, 2.05) is 6.07 Å². The van der Waals surface area contributed by atoms with E-state index in [1.165, 1.54) is 22.3 Å². The summed E-state index contributed by atoms with van der Waals surface area (Å²) in [6.45, 7) is 8.17. The molecule has 0 radical (unpaired) electrons. The van der Waals surface area contributed by atoms with Gasteiger partial charge in [-0.25, -0.2) is 0 Å². The van der Waals surface area contributed by atoms with Crippen molar-refractivity contribution in [1.82, 2.24) is 4.98 Å². The summed E-state index contributed by atoms with van der Waals surface area (Å²) >= 11 is 0. The van der Waals surface area contributed by atoms with Gasteiger partial charge in [0.15, 0.2) is 0 Å². The first kappa shape index (κ1) is 19.7. The number of aryl methyl sites for hydroxylation is 3. The van der Waals surface area contributed by atoms with E-state index in [0.29, 0.717) is 18.9 Å². The summed E-state index contributed by atoms with van der Waals surface area (Å²) < 4.78 is 11.6. The molecule has 0 saturated carbocycles. The van der Waals surface area contributed by atoms with Crippen molar-refractivity contribution in [3.63, 3.8) is 0 Å². The first-order valence-electron chi connectivity index (χ1n) is 10.4. The summed E-state index contributed by atoms with van der Waals surface area (Å²) in [4.78, 5) is 14.7. The van der Waals surface area contributed by atoms with Gasteiger partial charge in [-0.2, -0.15) is 0 Å². The lowest BCUT2D eigenvalue weighted by Gasteiger charge is -2.14. The van der Waals surface area contributed by atoms with Crippen molar-refractivity contribution < 1.29 is 14.3 Å². The molecule has 1 N–H and O–H groups in total. The fourth-order valence-electron chi connectivity index (χ4n) is 4.23. The second-order valence-corrected chi connectivity index (χ2v) is 8.18. The third kappa shape index (κ3) is 4.38. The second-order valence-electron chi connectivity index (χ2n) is 8.18. The number of fused-ring (bicyclic) bond motifs is 1. The number of carbonyl (C=O) groups excluding carboxylic acids is 1. The molecular weight excluding hydrogens is 362 g/mol. The summed E-state index contributed by atoms with van der Waals surface area (Å²) in [7, 11) is 0. The van der Waals surface area contributed by atoms with E-state index in [1.54, 1.807) is 6.92 Å². The maximum absolute atomic E-state index is 11.3. The van der Waals surface area contributed by atoms with Crippen LogP contribution in [0.5, 0.6) is 5.75 Å². The Morgan fingerprint density at radius 1 is 1.21 bits per heavy atom. The van der Waals surface area contributed by atoms with E-state index >= 15 is 0 Å². The highest BCUT2D eigenvalue weighted by atomic mass is 16.5. The van der Waals surface area contributed by atoms with Crippen molar-refractivity contribution >= 4 is 16.7 Å². The number of hydrogen-bond donors (Lipinski definition) is 1. The van der Waals surface area contributed by atoms with Gasteiger partial charge in [0, 0.05) is 35.5 Å². The maximum Gasteiger partial charge on any atom is 0.130 e.